The lowest BCUT2D eigenvalue weighted by Gasteiger charge is -2.10. The molecular weight excluding hydrogens is 184 g/mol. The van der Waals surface area contributed by atoms with E-state index in [0.29, 0.717) is 13.2 Å². The molecule has 0 rings (SSSR count). The Kier molecular flexibility index (Phi) is 6.74. The maximum atomic E-state index is 11.1. The van der Waals surface area contributed by atoms with Crippen molar-refractivity contribution in [1.82, 2.24) is 10.6 Å². The smallest absolute Gasteiger partial charge is 0.309 e. The van der Waals surface area contributed by atoms with Crippen LogP contribution in [0.15, 0.2) is 0 Å². The number of nitrogens with one attached hydrogen (secondary N) is 2. The van der Waals surface area contributed by atoms with Crippen molar-refractivity contribution in [3.05, 3.63) is 0 Å². The number of esters is 1. The Morgan fingerprint density at radius 1 is 1.43 bits per heavy atom. The van der Waals surface area contributed by atoms with E-state index in [4.69, 9.17) is 4.74 Å². The van der Waals surface area contributed by atoms with Crippen LogP contribution in [0.5, 0.6) is 0 Å². The topological polar surface area (TPSA) is 67.4 Å². The van der Waals surface area contributed by atoms with Crippen molar-refractivity contribution in [2.24, 2.45) is 5.92 Å². The molecule has 0 aliphatic carbocycles. The first-order valence-electron chi connectivity index (χ1n) is 4.69. The minimum absolute atomic E-state index is 0.0962. The third-order valence-corrected chi connectivity index (χ3v) is 1.70. The molecule has 0 saturated carbocycles. The van der Waals surface area contributed by atoms with E-state index in [1.807, 2.05) is 0 Å². The zero-order valence-electron chi connectivity index (χ0n) is 8.92. The molecule has 0 spiro atoms. The summed E-state index contributed by atoms with van der Waals surface area (Å²) in [7, 11) is 1.57. The third kappa shape index (κ3) is 5.53. The van der Waals surface area contributed by atoms with Gasteiger partial charge in [-0.25, -0.2) is 0 Å². The van der Waals surface area contributed by atoms with E-state index in [0.717, 1.165) is 0 Å². The Morgan fingerprint density at radius 2 is 2.07 bits per heavy atom. The third-order valence-electron chi connectivity index (χ3n) is 1.70. The second-order valence-electron chi connectivity index (χ2n) is 2.96. The largest absolute Gasteiger partial charge is 0.466 e. The summed E-state index contributed by atoms with van der Waals surface area (Å²) >= 11 is 0. The molecule has 2 N–H and O–H groups in total. The van der Waals surface area contributed by atoms with Gasteiger partial charge in [-0.05, 0) is 6.92 Å². The minimum Gasteiger partial charge on any atom is -0.466 e. The summed E-state index contributed by atoms with van der Waals surface area (Å²) in [6, 6.07) is 0. The lowest BCUT2D eigenvalue weighted by atomic mass is 10.2. The molecule has 14 heavy (non-hydrogen) atoms. The number of likely N-dealkylation sites (N-methyl/N-ethyl adjacent to an activating group) is 1. The van der Waals surface area contributed by atoms with Crippen LogP contribution in [0.25, 0.3) is 0 Å². The van der Waals surface area contributed by atoms with Gasteiger partial charge >= 0.3 is 5.97 Å². The number of amides is 1. The van der Waals surface area contributed by atoms with Crippen molar-refractivity contribution in [2.45, 2.75) is 13.8 Å². The van der Waals surface area contributed by atoms with Crippen molar-refractivity contribution >= 4 is 11.9 Å². The molecule has 5 heteroatoms. The quantitative estimate of drug-likeness (QED) is 0.571. The van der Waals surface area contributed by atoms with Crippen LogP contribution >= 0.6 is 0 Å². The fourth-order valence-corrected chi connectivity index (χ4v) is 0.858. The fourth-order valence-electron chi connectivity index (χ4n) is 0.858. The molecule has 0 aliphatic rings. The number of ether oxygens (including phenoxy) is 1. The Balaban J connectivity index is 3.58. The van der Waals surface area contributed by atoms with Crippen LogP contribution in [-0.2, 0) is 14.3 Å². The van der Waals surface area contributed by atoms with Crippen molar-refractivity contribution < 1.29 is 14.3 Å². The summed E-state index contributed by atoms with van der Waals surface area (Å²) in [5.74, 6) is -0.558. The van der Waals surface area contributed by atoms with Crippen LogP contribution in [0.2, 0.25) is 0 Å². The van der Waals surface area contributed by atoms with Crippen LogP contribution < -0.4 is 10.6 Å². The van der Waals surface area contributed by atoms with E-state index in [2.05, 4.69) is 10.6 Å². The first-order chi connectivity index (χ1) is 6.61. The van der Waals surface area contributed by atoms with E-state index in [-0.39, 0.29) is 24.3 Å². The zero-order chi connectivity index (χ0) is 11.0. The molecule has 0 radical (unpaired) electrons. The summed E-state index contributed by atoms with van der Waals surface area (Å²) in [6.45, 7) is 4.59. The molecule has 0 aliphatic heterocycles. The summed E-state index contributed by atoms with van der Waals surface area (Å²) < 4.78 is 4.81. The van der Waals surface area contributed by atoms with Gasteiger partial charge in [0.05, 0.1) is 19.1 Å². The predicted octanol–water partition coefficient (Wildman–Crippen LogP) is -0.479. The van der Waals surface area contributed by atoms with E-state index in [1.165, 1.54) is 0 Å². The van der Waals surface area contributed by atoms with Crippen molar-refractivity contribution in [3.63, 3.8) is 0 Å². The van der Waals surface area contributed by atoms with Crippen molar-refractivity contribution in [2.75, 3.05) is 26.7 Å². The molecule has 0 heterocycles. The highest BCUT2D eigenvalue weighted by Crippen LogP contribution is 1.95. The van der Waals surface area contributed by atoms with E-state index >= 15 is 0 Å². The normalized spacial score (nSPS) is 11.9. The molecule has 0 bridgehead atoms. The Labute approximate surface area is 84.2 Å². The monoisotopic (exact) mass is 202 g/mol. The summed E-state index contributed by atoms with van der Waals surface area (Å²) in [5.41, 5.74) is 0. The molecule has 0 fully saturated rings. The molecule has 1 amide bonds. The van der Waals surface area contributed by atoms with Gasteiger partial charge in [0.15, 0.2) is 0 Å². The van der Waals surface area contributed by atoms with Gasteiger partial charge in [-0.15, -0.1) is 0 Å². The van der Waals surface area contributed by atoms with E-state index < -0.39 is 0 Å². The summed E-state index contributed by atoms with van der Waals surface area (Å²) in [6.07, 6.45) is 0. The highest BCUT2D eigenvalue weighted by Gasteiger charge is 2.13. The molecule has 82 valence electrons. The molecular formula is C9H18N2O3. The van der Waals surface area contributed by atoms with Crippen molar-refractivity contribution in [1.29, 1.82) is 0 Å². The van der Waals surface area contributed by atoms with Gasteiger partial charge in [0, 0.05) is 13.6 Å². The van der Waals surface area contributed by atoms with Crippen molar-refractivity contribution in [3.8, 4) is 0 Å². The molecule has 0 aromatic heterocycles. The van der Waals surface area contributed by atoms with Gasteiger partial charge in [-0.3, -0.25) is 9.59 Å². The Bertz CT molecular complexity index is 194. The maximum Gasteiger partial charge on any atom is 0.309 e. The van der Waals surface area contributed by atoms with Gasteiger partial charge in [-0.2, -0.15) is 0 Å². The van der Waals surface area contributed by atoms with Gasteiger partial charge in [0.1, 0.15) is 0 Å². The molecule has 0 aromatic rings. The number of rotatable bonds is 6. The summed E-state index contributed by atoms with van der Waals surface area (Å²) in [5, 5.41) is 5.34. The molecule has 1 atom stereocenters. The zero-order valence-corrected chi connectivity index (χ0v) is 8.92. The van der Waals surface area contributed by atoms with Crippen LogP contribution in [0, 0.1) is 5.92 Å². The van der Waals surface area contributed by atoms with E-state index in [1.54, 1.807) is 20.9 Å². The molecule has 0 saturated heterocycles. The number of hydrogen-bond acceptors (Lipinski definition) is 4. The van der Waals surface area contributed by atoms with Crippen LogP contribution in [0.3, 0.4) is 0 Å². The Hall–Kier alpha value is -1.10. The predicted molar refractivity (Wildman–Crippen MR) is 52.7 cm³/mol. The number of carbonyl (C=O) groups excluding carboxylic acids is 2. The average Bonchev–Trinajstić information content (AvgIpc) is 2.17. The first-order valence-corrected chi connectivity index (χ1v) is 4.69. The lowest BCUT2D eigenvalue weighted by molar-refractivity contribution is -0.147. The highest BCUT2D eigenvalue weighted by atomic mass is 16.5. The highest BCUT2D eigenvalue weighted by molar-refractivity contribution is 5.77. The van der Waals surface area contributed by atoms with Crippen LogP contribution in [-0.4, -0.2) is 38.6 Å². The second kappa shape index (κ2) is 7.32. The molecule has 1 unspecified atom stereocenters. The second-order valence-corrected chi connectivity index (χ2v) is 2.96. The lowest BCUT2D eigenvalue weighted by Crippen LogP contribution is -2.35. The summed E-state index contributed by atoms with van der Waals surface area (Å²) in [4.78, 5) is 21.9. The maximum absolute atomic E-state index is 11.1. The average molecular weight is 202 g/mol. The SMILES string of the molecule is CCOC(=O)C(C)CNCC(=O)NC. The standard InChI is InChI=1S/C9H18N2O3/c1-4-14-9(13)7(2)5-11-6-8(12)10-3/h7,11H,4-6H2,1-3H3,(H,10,12). The van der Waals surface area contributed by atoms with Gasteiger partial charge < -0.3 is 15.4 Å². The van der Waals surface area contributed by atoms with E-state index in [9.17, 15) is 9.59 Å². The molecule has 0 aromatic carbocycles. The van der Waals surface area contributed by atoms with Crippen LogP contribution in [0.4, 0.5) is 0 Å². The number of hydrogen-bond donors (Lipinski definition) is 2. The molecule has 5 nitrogen and oxygen atoms in total. The van der Waals surface area contributed by atoms with Gasteiger partial charge in [0.25, 0.3) is 0 Å². The van der Waals surface area contributed by atoms with Crippen LogP contribution in [0.1, 0.15) is 13.8 Å². The fraction of sp³-hybridized carbons (Fsp3) is 0.778. The number of carbonyl (C=O) groups is 2. The minimum atomic E-state index is -0.239. The first kappa shape index (κ1) is 12.9. The Morgan fingerprint density at radius 3 is 2.57 bits per heavy atom. The van der Waals surface area contributed by atoms with Gasteiger partial charge in [-0.1, -0.05) is 6.92 Å². The van der Waals surface area contributed by atoms with Gasteiger partial charge in [0.2, 0.25) is 5.91 Å².